The van der Waals surface area contributed by atoms with Gasteiger partial charge in [0.2, 0.25) is 0 Å². The molecule has 0 radical (unpaired) electrons. The molecule has 2 rings (SSSR count). The molecule has 0 fully saturated rings. The molecule has 0 amide bonds. The summed E-state index contributed by atoms with van der Waals surface area (Å²) in [6.45, 7) is 16.0. The standard InChI is InChI=1S/C13H12O.4C2H6/c1-14-13-9-7-12(8-10-13)11-5-3-2-4-6-11;4*1-2/h2-10H,1H3;4*1-2H3. The molecule has 0 aromatic heterocycles. The van der Waals surface area contributed by atoms with Gasteiger partial charge in [0.05, 0.1) is 7.11 Å². The van der Waals surface area contributed by atoms with Crippen LogP contribution in [0.1, 0.15) is 55.4 Å². The van der Waals surface area contributed by atoms with Gasteiger partial charge in [-0.15, -0.1) is 0 Å². The van der Waals surface area contributed by atoms with Gasteiger partial charge in [-0.2, -0.15) is 0 Å². The van der Waals surface area contributed by atoms with Crippen molar-refractivity contribution in [3.8, 4) is 16.9 Å². The lowest BCUT2D eigenvalue weighted by Gasteiger charge is -2.02. The molecule has 1 heteroatoms. The minimum Gasteiger partial charge on any atom is -0.497 e. The molecule has 0 heterocycles. The van der Waals surface area contributed by atoms with E-state index in [1.165, 1.54) is 11.1 Å². The van der Waals surface area contributed by atoms with Crippen LogP contribution in [-0.4, -0.2) is 7.11 Å². The first-order chi connectivity index (χ1) is 10.9. The number of methoxy groups -OCH3 is 1. The van der Waals surface area contributed by atoms with E-state index in [0.717, 1.165) is 5.75 Å². The van der Waals surface area contributed by atoms with Crippen molar-refractivity contribution in [3.63, 3.8) is 0 Å². The van der Waals surface area contributed by atoms with Crippen molar-refractivity contribution in [1.82, 2.24) is 0 Å². The fourth-order valence-corrected chi connectivity index (χ4v) is 1.41. The van der Waals surface area contributed by atoms with Gasteiger partial charge in [0.25, 0.3) is 0 Å². The molecule has 126 valence electrons. The van der Waals surface area contributed by atoms with E-state index in [9.17, 15) is 0 Å². The van der Waals surface area contributed by atoms with Gasteiger partial charge in [0.15, 0.2) is 0 Å². The maximum atomic E-state index is 5.11. The van der Waals surface area contributed by atoms with E-state index < -0.39 is 0 Å². The average Bonchev–Trinajstić information content (AvgIpc) is 2.69. The summed E-state index contributed by atoms with van der Waals surface area (Å²) >= 11 is 0. The van der Waals surface area contributed by atoms with Crippen molar-refractivity contribution in [2.24, 2.45) is 0 Å². The molecule has 2 aromatic carbocycles. The Morgan fingerprint density at radius 1 is 0.500 bits per heavy atom. The fourth-order valence-electron chi connectivity index (χ4n) is 1.41. The highest BCUT2D eigenvalue weighted by Gasteiger charge is 1.95. The first kappa shape index (κ1) is 25.2. The second kappa shape index (κ2) is 21.5. The van der Waals surface area contributed by atoms with E-state index in [4.69, 9.17) is 4.74 Å². The van der Waals surface area contributed by atoms with Crippen LogP contribution in [-0.2, 0) is 0 Å². The van der Waals surface area contributed by atoms with Crippen molar-refractivity contribution in [3.05, 3.63) is 54.6 Å². The predicted molar refractivity (Wildman–Crippen MR) is 104 cm³/mol. The molecule has 0 unspecified atom stereocenters. The van der Waals surface area contributed by atoms with Gasteiger partial charge in [0, 0.05) is 0 Å². The van der Waals surface area contributed by atoms with E-state index in [0.29, 0.717) is 0 Å². The van der Waals surface area contributed by atoms with E-state index >= 15 is 0 Å². The molecule has 22 heavy (non-hydrogen) atoms. The molecular formula is C21H36O. The van der Waals surface area contributed by atoms with Crippen molar-refractivity contribution in [2.75, 3.05) is 7.11 Å². The van der Waals surface area contributed by atoms with Crippen LogP contribution in [0.4, 0.5) is 0 Å². The Balaban J connectivity index is -0.000000394. The van der Waals surface area contributed by atoms with Crippen LogP contribution in [0, 0.1) is 0 Å². The second-order valence-corrected chi connectivity index (χ2v) is 3.09. The van der Waals surface area contributed by atoms with Gasteiger partial charge in [-0.25, -0.2) is 0 Å². The van der Waals surface area contributed by atoms with Gasteiger partial charge in [-0.05, 0) is 23.3 Å². The first-order valence-electron chi connectivity index (χ1n) is 8.59. The Hall–Kier alpha value is -1.76. The molecule has 0 aliphatic heterocycles. The highest BCUT2D eigenvalue weighted by Crippen LogP contribution is 2.21. The van der Waals surface area contributed by atoms with Crippen LogP contribution in [0.3, 0.4) is 0 Å². The molecule has 0 saturated heterocycles. The zero-order valence-corrected chi connectivity index (χ0v) is 16.1. The molecule has 0 N–H and O–H groups in total. The minimum absolute atomic E-state index is 0.893. The lowest BCUT2D eigenvalue weighted by atomic mass is 10.1. The van der Waals surface area contributed by atoms with Gasteiger partial charge in [-0.3, -0.25) is 0 Å². The van der Waals surface area contributed by atoms with E-state index in [1.807, 2.05) is 85.7 Å². The second-order valence-electron chi connectivity index (χ2n) is 3.09. The largest absolute Gasteiger partial charge is 0.497 e. The van der Waals surface area contributed by atoms with Gasteiger partial charge in [-0.1, -0.05) is 97.9 Å². The zero-order chi connectivity index (χ0) is 17.8. The Kier molecular flexibility index (Phi) is 24.7. The van der Waals surface area contributed by atoms with Gasteiger partial charge in [0.1, 0.15) is 5.75 Å². The number of rotatable bonds is 2. The maximum absolute atomic E-state index is 5.11. The number of benzene rings is 2. The Bertz CT molecular complexity index is 390. The third-order valence-electron chi connectivity index (χ3n) is 2.20. The summed E-state index contributed by atoms with van der Waals surface area (Å²) in [6, 6.07) is 18.4. The van der Waals surface area contributed by atoms with Crippen LogP contribution >= 0.6 is 0 Å². The lowest BCUT2D eigenvalue weighted by molar-refractivity contribution is 0.415. The van der Waals surface area contributed by atoms with Crippen molar-refractivity contribution >= 4 is 0 Å². The predicted octanol–water partition coefficient (Wildman–Crippen LogP) is 7.47. The summed E-state index contributed by atoms with van der Waals surface area (Å²) in [4.78, 5) is 0. The third-order valence-corrected chi connectivity index (χ3v) is 2.20. The Morgan fingerprint density at radius 3 is 1.23 bits per heavy atom. The van der Waals surface area contributed by atoms with E-state index in [-0.39, 0.29) is 0 Å². The normalized spacial score (nSPS) is 7.32. The first-order valence-corrected chi connectivity index (χ1v) is 8.59. The molecule has 0 saturated carbocycles. The Labute approximate surface area is 139 Å². The molecule has 0 atom stereocenters. The molecule has 2 aromatic rings. The summed E-state index contributed by atoms with van der Waals surface area (Å²) in [5.74, 6) is 0.893. The van der Waals surface area contributed by atoms with Crippen LogP contribution < -0.4 is 4.74 Å². The molecule has 0 bridgehead atoms. The van der Waals surface area contributed by atoms with Crippen LogP contribution in [0.5, 0.6) is 5.75 Å². The SMILES string of the molecule is CC.CC.CC.CC.COc1ccc(-c2ccccc2)cc1. The van der Waals surface area contributed by atoms with Gasteiger partial charge < -0.3 is 4.74 Å². The summed E-state index contributed by atoms with van der Waals surface area (Å²) in [5, 5.41) is 0. The monoisotopic (exact) mass is 304 g/mol. The van der Waals surface area contributed by atoms with E-state index in [1.54, 1.807) is 7.11 Å². The van der Waals surface area contributed by atoms with Crippen LogP contribution in [0.25, 0.3) is 11.1 Å². The lowest BCUT2D eigenvalue weighted by Crippen LogP contribution is -1.82. The summed E-state index contributed by atoms with van der Waals surface area (Å²) in [5.41, 5.74) is 2.45. The smallest absolute Gasteiger partial charge is 0.118 e. The molecule has 1 nitrogen and oxygen atoms in total. The molecular weight excluding hydrogens is 268 g/mol. The third kappa shape index (κ3) is 11.0. The van der Waals surface area contributed by atoms with E-state index in [2.05, 4.69) is 24.3 Å². The van der Waals surface area contributed by atoms with Gasteiger partial charge >= 0.3 is 0 Å². The van der Waals surface area contributed by atoms with Crippen molar-refractivity contribution in [1.29, 1.82) is 0 Å². The molecule has 0 aliphatic carbocycles. The number of hydrogen-bond acceptors (Lipinski definition) is 1. The Morgan fingerprint density at radius 2 is 0.864 bits per heavy atom. The number of hydrogen-bond donors (Lipinski definition) is 0. The highest BCUT2D eigenvalue weighted by molar-refractivity contribution is 5.63. The van der Waals surface area contributed by atoms with Crippen molar-refractivity contribution < 1.29 is 4.74 Å². The summed E-state index contributed by atoms with van der Waals surface area (Å²) in [7, 11) is 1.68. The van der Waals surface area contributed by atoms with Crippen LogP contribution in [0.15, 0.2) is 54.6 Å². The highest BCUT2D eigenvalue weighted by atomic mass is 16.5. The quantitative estimate of drug-likeness (QED) is 0.559. The fraction of sp³-hybridized carbons (Fsp3) is 0.429. The molecule has 0 aliphatic rings. The maximum Gasteiger partial charge on any atom is 0.118 e. The molecule has 0 spiro atoms. The van der Waals surface area contributed by atoms with Crippen molar-refractivity contribution in [2.45, 2.75) is 55.4 Å². The van der Waals surface area contributed by atoms with Crippen LogP contribution in [0.2, 0.25) is 0 Å². The minimum atomic E-state index is 0.893. The summed E-state index contributed by atoms with van der Waals surface area (Å²) in [6.07, 6.45) is 0. The zero-order valence-electron chi connectivity index (χ0n) is 16.1. The summed E-state index contributed by atoms with van der Waals surface area (Å²) < 4.78 is 5.11. The topological polar surface area (TPSA) is 9.23 Å². The average molecular weight is 305 g/mol. The number of ether oxygens (including phenoxy) is 1.